The summed E-state index contributed by atoms with van der Waals surface area (Å²) in [6.07, 6.45) is 5.62. The third-order valence-electron chi connectivity index (χ3n) is 4.93. The maximum Gasteiger partial charge on any atom is 0.271 e. The zero-order valence-electron chi connectivity index (χ0n) is 15.3. The van der Waals surface area contributed by atoms with Crippen LogP contribution in [0, 0.1) is 0 Å². The van der Waals surface area contributed by atoms with Crippen LogP contribution in [-0.2, 0) is 6.42 Å². The van der Waals surface area contributed by atoms with Crippen LogP contribution in [0.4, 0.5) is 0 Å². The number of rotatable bonds is 7. The Morgan fingerprint density at radius 2 is 2.00 bits per heavy atom. The fraction of sp³-hybridized carbons (Fsp3) is 0.500. The topological polar surface area (TPSA) is 61.0 Å². The van der Waals surface area contributed by atoms with Crippen molar-refractivity contribution in [2.45, 2.75) is 45.1 Å². The van der Waals surface area contributed by atoms with Crippen LogP contribution < -0.4 is 5.32 Å². The normalized spacial score (nSPS) is 16.4. The van der Waals surface area contributed by atoms with Crippen molar-refractivity contribution in [2.75, 3.05) is 19.6 Å². The van der Waals surface area contributed by atoms with Gasteiger partial charge in [0.05, 0.1) is 6.04 Å². The molecule has 3 rings (SSSR count). The summed E-state index contributed by atoms with van der Waals surface area (Å²) in [7, 11) is 0. The molecule has 5 nitrogen and oxygen atoms in total. The van der Waals surface area contributed by atoms with Crippen LogP contribution in [0.15, 0.2) is 30.3 Å². The fourth-order valence-corrected chi connectivity index (χ4v) is 3.65. The maximum atomic E-state index is 12.5. The molecule has 2 heterocycles. The Kier molecular flexibility index (Phi) is 6.69. The molecule has 1 fully saturated rings. The molecular weight excluding hydrogens is 348 g/mol. The Hall–Kier alpha value is -1.85. The summed E-state index contributed by atoms with van der Waals surface area (Å²) >= 11 is 6.04. The van der Waals surface area contributed by atoms with Crippen LogP contribution in [0.2, 0.25) is 5.02 Å². The molecule has 6 heteroatoms. The standard InChI is InChI=1S/C20H27ClN4O/c1-2-6-17-13-18(24-23-17)20(26)22-14-19(25-11-4-3-5-12-25)15-7-9-16(21)10-8-15/h7-10,13,19H,2-6,11-12,14H2,1H3,(H,22,26)(H,23,24)/t19-/m0/s1. The lowest BCUT2D eigenvalue weighted by atomic mass is 10.0. The van der Waals surface area contributed by atoms with Crippen LogP contribution in [0.3, 0.4) is 0 Å². The van der Waals surface area contributed by atoms with E-state index in [1.165, 1.54) is 24.8 Å². The number of likely N-dealkylation sites (tertiary alicyclic amines) is 1. The molecule has 1 aromatic carbocycles. The van der Waals surface area contributed by atoms with Crippen molar-refractivity contribution >= 4 is 17.5 Å². The lowest BCUT2D eigenvalue weighted by Gasteiger charge is -2.35. The van der Waals surface area contributed by atoms with Gasteiger partial charge in [-0.25, -0.2) is 0 Å². The molecule has 1 aliphatic heterocycles. The van der Waals surface area contributed by atoms with Gasteiger partial charge in [-0.15, -0.1) is 0 Å². The molecule has 2 aromatic rings. The molecule has 140 valence electrons. The first-order valence-electron chi connectivity index (χ1n) is 9.49. The van der Waals surface area contributed by atoms with Gasteiger partial charge < -0.3 is 5.32 Å². The number of nitrogens with one attached hydrogen (secondary N) is 2. The van der Waals surface area contributed by atoms with Gasteiger partial charge in [-0.05, 0) is 56.1 Å². The van der Waals surface area contributed by atoms with Crippen molar-refractivity contribution in [3.8, 4) is 0 Å². The second kappa shape index (κ2) is 9.19. The second-order valence-corrected chi connectivity index (χ2v) is 7.34. The molecule has 0 saturated carbocycles. The van der Waals surface area contributed by atoms with E-state index in [0.29, 0.717) is 12.2 Å². The molecule has 0 radical (unpaired) electrons. The quantitative estimate of drug-likeness (QED) is 0.770. The smallest absolute Gasteiger partial charge is 0.271 e. The predicted molar refractivity (Wildman–Crippen MR) is 105 cm³/mol. The number of nitrogens with zero attached hydrogens (tertiary/aromatic N) is 2. The van der Waals surface area contributed by atoms with E-state index in [1.807, 2.05) is 18.2 Å². The molecule has 1 amide bonds. The van der Waals surface area contributed by atoms with E-state index in [4.69, 9.17) is 11.6 Å². The average molecular weight is 375 g/mol. The number of aromatic amines is 1. The van der Waals surface area contributed by atoms with Crippen LogP contribution in [-0.4, -0.2) is 40.6 Å². The van der Waals surface area contributed by atoms with Crippen LogP contribution >= 0.6 is 11.6 Å². The van der Waals surface area contributed by atoms with Crippen LogP contribution in [0.5, 0.6) is 0 Å². The molecule has 0 unspecified atom stereocenters. The number of benzene rings is 1. The van der Waals surface area contributed by atoms with E-state index in [-0.39, 0.29) is 11.9 Å². The Labute approximate surface area is 160 Å². The molecule has 1 atom stereocenters. The third-order valence-corrected chi connectivity index (χ3v) is 5.18. The predicted octanol–water partition coefficient (Wildman–Crippen LogP) is 3.97. The first-order chi connectivity index (χ1) is 12.7. The molecular formula is C20H27ClN4O. The highest BCUT2D eigenvalue weighted by Gasteiger charge is 2.23. The Morgan fingerprint density at radius 3 is 2.69 bits per heavy atom. The van der Waals surface area contributed by atoms with Crippen LogP contribution in [0.1, 0.15) is 60.4 Å². The van der Waals surface area contributed by atoms with Gasteiger partial charge in [-0.3, -0.25) is 14.8 Å². The first kappa shape index (κ1) is 18.9. The zero-order chi connectivity index (χ0) is 18.4. The van der Waals surface area contributed by atoms with Crippen molar-refractivity contribution < 1.29 is 4.79 Å². The highest BCUT2D eigenvalue weighted by molar-refractivity contribution is 6.30. The Morgan fingerprint density at radius 1 is 1.27 bits per heavy atom. The summed E-state index contributed by atoms with van der Waals surface area (Å²) in [5, 5.41) is 10.9. The molecule has 0 aliphatic carbocycles. The minimum Gasteiger partial charge on any atom is -0.349 e. The minimum atomic E-state index is -0.125. The van der Waals surface area contributed by atoms with Gasteiger partial charge in [-0.1, -0.05) is 43.5 Å². The van der Waals surface area contributed by atoms with Crippen molar-refractivity contribution in [1.29, 1.82) is 0 Å². The fourth-order valence-electron chi connectivity index (χ4n) is 3.53. The number of hydrogen-bond donors (Lipinski definition) is 2. The van der Waals surface area contributed by atoms with Gasteiger partial charge >= 0.3 is 0 Å². The number of halogens is 1. The molecule has 2 N–H and O–H groups in total. The summed E-state index contributed by atoms with van der Waals surface area (Å²) in [5.41, 5.74) is 2.65. The number of aromatic nitrogens is 2. The molecule has 26 heavy (non-hydrogen) atoms. The number of aryl methyl sites for hydroxylation is 1. The molecule has 0 bridgehead atoms. The summed E-state index contributed by atoms with van der Waals surface area (Å²) in [4.78, 5) is 15.0. The molecule has 1 aromatic heterocycles. The zero-order valence-corrected chi connectivity index (χ0v) is 16.1. The van der Waals surface area contributed by atoms with Gasteiger partial charge in [0.15, 0.2) is 0 Å². The number of amides is 1. The van der Waals surface area contributed by atoms with E-state index < -0.39 is 0 Å². The molecule has 1 aliphatic rings. The highest BCUT2D eigenvalue weighted by atomic mass is 35.5. The van der Waals surface area contributed by atoms with E-state index in [0.717, 1.165) is 36.6 Å². The Balaban J connectivity index is 1.68. The molecule has 1 saturated heterocycles. The number of H-pyrrole nitrogens is 1. The number of hydrogen-bond acceptors (Lipinski definition) is 3. The van der Waals surface area contributed by atoms with Crippen molar-refractivity contribution in [3.05, 3.63) is 52.3 Å². The number of carbonyl (C=O) groups is 1. The third kappa shape index (κ3) is 4.86. The van der Waals surface area contributed by atoms with E-state index in [9.17, 15) is 4.79 Å². The maximum absolute atomic E-state index is 12.5. The summed E-state index contributed by atoms with van der Waals surface area (Å²) in [5.74, 6) is -0.125. The lowest BCUT2D eigenvalue weighted by Crippen LogP contribution is -2.40. The number of carbonyl (C=O) groups excluding carboxylic acids is 1. The summed E-state index contributed by atoms with van der Waals surface area (Å²) < 4.78 is 0. The lowest BCUT2D eigenvalue weighted by molar-refractivity contribution is 0.0919. The second-order valence-electron chi connectivity index (χ2n) is 6.90. The largest absolute Gasteiger partial charge is 0.349 e. The van der Waals surface area contributed by atoms with Crippen molar-refractivity contribution in [2.24, 2.45) is 0 Å². The number of piperidine rings is 1. The average Bonchev–Trinajstić information content (AvgIpc) is 3.13. The molecule has 0 spiro atoms. The highest BCUT2D eigenvalue weighted by Crippen LogP contribution is 2.25. The van der Waals surface area contributed by atoms with Gasteiger partial charge in [0.1, 0.15) is 5.69 Å². The Bertz CT molecular complexity index is 707. The first-order valence-corrected chi connectivity index (χ1v) is 9.87. The van der Waals surface area contributed by atoms with Crippen LogP contribution in [0.25, 0.3) is 0 Å². The van der Waals surface area contributed by atoms with E-state index in [1.54, 1.807) is 0 Å². The summed E-state index contributed by atoms with van der Waals surface area (Å²) in [6, 6.07) is 9.95. The minimum absolute atomic E-state index is 0.125. The summed E-state index contributed by atoms with van der Waals surface area (Å²) in [6.45, 7) is 4.80. The van der Waals surface area contributed by atoms with Gasteiger partial charge in [0.2, 0.25) is 0 Å². The van der Waals surface area contributed by atoms with Gasteiger partial charge in [0, 0.05) is 17.3 Å². The monoisotopic (exact) mass is 374 g/mol. The SMILES string of the molecule is CCCc1cc(C(=O)NC[C@@H](c2ccc(Cl)cc2)N2CCCCC2)n[nH]1. The van der Waals surface area contributed by atoms with Crippen molar-refractivity contribution in [3.63, 3.8) is 0 Å². The van der Waals surface area contributed by atoms with Gasteiger partial charge in [0.25, 0.3) is 5.91 Å². The van der Waals surface area contributed by atoms with Crippen molar-refractivity contribution in [1.82, 2.24) is 20.4 Å². The van der Waals surface area contributed by atoms with E-state index in [2.05, 4.69) is 39.5 Å². The van der Waals surface area contributed by atoms with Gasteiger partial charge in [-0.2, -0.15) is 5.10 Å². The van der Waals surface area contributed by atoms with E-state index >= 15 is 0 Å².